The van der Waals surface area contributed by atoms with Crippen molar-refractivity contribution in [2.45, 2.75) is 12.7 Å². The van der Waals surface area contributed by atoms with Gasteiger partial charge in [0.15, 0.2) is 5.96 Å². The summed E-state index contributed by atoms with van der Waals surface area (Å²) in [6.07, 6.45) is -4.52. The van der Waals surface area contributed by atoms with Crippen molar-refractivity contribution in [3.8, 4) is 0 Å². The molecule has 0 radical (unpaired) electrons. The van der Waals surface area contributed by atoms with E-state index in [1.54, 1.807) is 0 Å². The lowest BCUT2D eigenvalue weighted by Gasteiger charge is -2.21. The van der Waals surface area contributed by atoms with Gasteiger partial charge in [-0.3, -0.25) is 10.3 Å². The molecule has 2 amide bonds. The van der Waals surface area contributed by atoms with Gasteiger partial charge in [0.05, 0.1) is 12.1 Å². The molecule has 4 N–H and O–H groups in total. The standard InChI is InChI=1S/C11H12ClF3N4O/c1-18-10(20)19(9(16)17)5-6-4-7(11(13,14)15)2-3-8(6)12/h2-4H,5H2,1H3,(H3,16,17)(H,18,20). The van der Waals surface area contributed by atoms with Crippen LogP contribution in [0.2, 0.25) is 5.02 Å². The smallest absolute Gasteiger partial charge is 0.370 e. The third-order valence-electron chi connectivity index (χ3n) is 2.45. The SMILES string of the molecule is CNC(=O)N(Cc1cc(C(F)(F)F)ccc1Cl)C(=N)N. The van der Waals surface area contributed by atoms with Gasteiger partial charge in [0.1, 0.15) is 0 Å². The lowest BCUT2D eigenvalue weighted by atomic mass is 10.1. The zero-order valence-corrected chi connectivity index (χ0v) is 11.1. The van der Waals surface area contributed by atoms with Crippen LogP contribution < -0.4 is 11.1 Å². The molecule has 0 aromatic heterocycles. The van der Waals surface area contributed by atoms with E-state index in [-0.39, 0.29) is 17.1 Å². The number of halogens is 4. The number of guanidine groups is 1. The summed E-state index contributed by atoms with van der Waals surface area (Å²) >= 11 is 5.81. The van der Waals surface area contributed by atoms with E-state index < -0.39 is 23.7 Å². The number of amides is 2. The maximum Gasteiger partial charge on any atom is 0.416 e. The molecule has 1 rings (SSSR count). The molecule has 0 heterocycles. The Morgan fingerprint density at radius 2 is 2.10 bits per heavy atom. The summed E-state index contributed by atoms with van der Waals surface area (Å²) in [5, 5.41) is 9.54. The highest BCUT2D eigenvalue weighted by atomic mass is 35.5. The first-order chi connectivity index (χ1) is 9.16. The van der Waals surface area contributed by atoms with E-state index in [0.717, 1.165) is 23.1 Å². The van der Waals surface area contributed by atoms with E-state index in [1.165, 1.54) is 7.05 Å². The number of nitrogens with two attached hydrogens (primary N) is 1. The van der Waals surface area contributed by atoms with Gasteiger partial charge in [-0.05, 0) is 23.8 Å². The van der Waals surface area contributed by atoms with Crippen molar-refractivity contribution in [2.75, 3.05) is 7.05 Å². The summed E-state index contributed by atoms with van der Waals surface area (Å²) in [6, 6.07) is 2.03. The van der Waals surface area contributed by atoms with Crippen LogP contribution in [0.25, 0.3) is 0 Å². The number of nitrogens with one attached hydrogen (secondary N) is 2. The van der Waals surface area contributed by atoms with Crippen LogP contribution in [-0.2, 0) is 12.7 Å². The zero-order chi connectivity index (χ0) is 15.5. The molecule has 9 heteroatoms. The Hall–Kier alpha value is -1.96. The topological polar surface area (TPSA) is 82.2 Å². The molecule has 0 atom stereocenters. The van der Waals surface area contributed by atoms with Crippen molar-refractivity contribution in [1.82, 2.24) is 10.2 Å². The summed E-state index contributed by atoms with van der Waals surface area (Å²) in [5.74, 6) is -0.599. The maximum atomic E-state index is 12.6. The van der Waals surface area contributed by atoms with Crippen LogP contribution in [0.15, 0.2) is 18.2 Å². The number of nitrogens with zero attached hydrogens (tertiary/aromatic N) is 1. The van der Waals surface area contributed by atoms with Crippen LogP contribution in [0.5, 0.6) is 0 Å². The highest BCUT2D eigenvalue weighted by Gasteiger charge is 2.31. The fraction of sp³-hybridized carbons (Fsp3) is 0.273. The molecule has 20 heavy (non-hydrogen) atoms. The number of benzene rings is 1. The third-order valence-corrected chi connectivity index (χ3v) is 2.82. The van der Waals surface area contributed by atoms with Crippen LogP contribution in [0.3, 0.4) is 0 Å². The second-order valence-electron chi connectivity index (χ2n) is 3.83. The average molecular weight is 309 g/mol. The number of carbonyl (C=O) groups is 1. The minimum absolute atomic E-state index is 0.0419. The van der Waals surface area contributed by atoms with Gasteiger partial charge in [-0.2, -0.15) is 13.2 Å². The number of carbonyl (C=O) groups excluding carboxylic acids is 1. The molecule has 0 saturated carbocycles. The Morgan fingerprint density at radius 1 is 1.50 bits per heavy atom. The molecule has 0 fully saturated rings. The minimum atomic E-state index is -4.52. The van der Waals surface area contributed by atoms with E-state index in [4.69, 9.17) is 22.7 Å². The molecular formula is C11H12ClF3N4O. The van der Waals surface area contributed by atoms with Gasteiger partial charge in [-0.15, -0.1) is 0 Å². The minimum Gasteiger partial charge on any atom is -0.370 e. The Balaban J connectivity index is 3.12. The molecule has 0 spiro atoms. The summed E-state index contributed by atoms with van der Waals surface area (Å²) in [7, 11) is 1.31. The van der Waals surface area contributed by atoms with Gasteiger partial charge >= 0.3 is 12.2 Å². The largest absolute Gasteiger partial charge is 0.416 e. The number of hydrogen-bond donors (Lipinski definition) is 3. The van der Waals surface area contributed by atoms with Gasteiger partial charge in [-0.25, -0.2) is 4.79 Å². The van der Waals surface area contributed by atoms with Crippen molar-refractivity contribution in [3.63, 3.8) is 0 Å². The van der Waals surface area contributed by atoms with Gasteiger partial charge in [0, 0.05) is 12.1 Å². The van der Waals surface area contributed by atoms with Gasteiger partial charge in [0.2, 0.25) is 0 Å². The summed E-state index contributed by atoms with van der Waals surface area (Å²) in [5.41, 5.74) is 4.37. The normalized spacial score (nSPS) is 11.1. The lowest BCUT2D eigenvalue weighted by Crippen LogP contribution is -2.45. The first-order valence-electron chi connectivity index (χ1n) is 5.35. The number of rotatable bonds is 2. The molecule has 0 unspecified atom stereocenters. The highest BCUT2D eigenvalue weighted by Crippen LogP contribution is 2.32. The summed E-state index contributed by atoms with van der Waals surface area (Å²) < 4.78 is 37.9. The summed E-state index contributed by atoms with van der Waals surface area (Å²) in [4.78, 5) is 12.2. The Kier molecular flexibility index (Phi) is 4.83. The first kappa shape index (κ1) is 16.1. The van der Waals surface area contributed by atoms with Gasteiger partial charge in [0.25, 0.3) is 0 Å². The molecule has 0 aliphatic heterocycles. The van der Waals surface area contributed by atoms with Crippen molar-refractivity contribution >= 4 is 23.6 Å². The molecule has 1 aromatic carbocycles. The zero-order valence-electron chi connectivity index (χ0n) is 10.4. The van der Waals surface area contributed by atoms with Gasteiger partial charge in [-0.1, -0.05) is 11.6 Å². The molecular weight excluding hydrogens is 297 g/mol. The monoisotopic (exact) mass is 308 g/mol. The number of alkyl halides is 3. The van der Waals surface area contributed by atoms with Crippen molar-refractivity contribution in [2.24, 2.45) is 5.73 Å². The fourth-order valence-electron chi connectivity index (χ4n) is 1.44. The summed E-state index contributed by atoms with van der Waals surface area (Å²) in [6.45, 7) is -0.336. The van der Waals surface area contributed by atoms with Crippen LogP contribution >= 0.6 is 11.6 Å². The quantitative estimate of drug-likeness (QED) is 0.579. The predicted molar refractivity (Wildman–Crippen MR) is 68.4 cm³/mol. The van der Waals surface area contributed by atoms with E-state index in [0.29, 0.717) is 0 Å². The predicted octanol–water partition coefficient (Wildman–Crippen LogP) is 2.39. The average Bonchev–Trinajstić information content (AvgIpc) is 2.35. The van der Waals surface area contributed by atoms with Gasteiger partial charge < -0.3 is 11.1 Å². The van der Waals surface area contributed by atoms with Crippen LogP contribution in [0.4, 0.5) is 18.0 Å². The van der Waals surface area contributed by atoms with Crippen molar-refractivity contribution in [3.05, 3.63) is 34.3 Å². The van der Waals surface area contributed by atoms with Crippen molar-refractivity contribution in [1.29, 1.82) is 5.41 Å². The van der Waals surface area contributed by atoms with E-state index >= 15 is 0 Å². The molecule has 1 aromatic rings. The van der Waals surface area contributed by atoms with E-state index in [1.807, 2.05) is 0 Å². The number of hydrogen-bond acceptors (Lipinski definition) is 2. The molecule has 0 aliphatic carbocycles. The Bertz CT molecular complexity index is 533. The Morgan fingerprint density at radius 3 is 2.55 bits per heavy atom. The molecule has 0 aliphatic rings. The number of urea groups is 1. The third kappa shape index (κ3) is 3.77. The second kappa shape index (κ2) is 6.00. The molecule has 0 bridgehead atoms. The lowest BCUT2D eigenvalue weighted by molar-refractivity contribution is -0.137. The van der Waals surface area contributed by atoms with Crippen LogP contribution in [0.1, 0.15) is 11.1 Å². The van der Waals surface area contributed by atoms with Crippen LogP contribution in [-0.4, -0.2) is 23.9 Å². The first-order valence-corrected chi connectivity index (χ1v) is 5.73. The van der Waals surface area contributed by atoms with Crippen LogP contribution in [0, 0.1) is 5.41 Å². The molecule has 5 nitrogen and oxygen atoms in total. The van der Waals surface area contributed by atoms with E-state index in [2.05, 4.69) is 5.32 Å². The second-order valence-corrected chi connectivity index (χ2v) is 4.24. The van der Waals surface area contributed by atoms with Crippen molar-refractivity contribution < 1.29 is 18.0 Å². The maximum absolute atomic E-state index is 12.6. The van der Waals surface area contributed by atoms with E-state index in [9.17, 15) is 18.0 Å². The highest BCUT2D eigenvalue weighted by molar-refractivity contribution is 6.31. The molecule has 110 valence electrons. The molecule has 0 saturated heterocycles. The Labute approximate surface area is 118 Å². The fourth-order valence-corrected chi connectivity index (χ4v) is 1.62.